The lowest BCUT2D eigenvalue weighted by Crippen LogP contribution is -1.94. The smallest absolute Gasteiger partial charge is 0.272 e. The fourth-order valence-electron chi connectivity index (χ4n) is 1.36. The van der Waals surface area contributed by atoms with Crippen LogP contribution in [0.15, 0.2) is 40.9 Å². The van der Waals surface area contributed by atoms with E-state index in [1.54, 1.807) is 0 Å². The first-order valence-corrected chi connectivity index (χ1v) is 5.83. The van der Waals surface area contributed by atoms with Gasteiger partial charge in [0.25, 0.3) is 5.69 Å². The molecule has 0 N–H and O–H groups in total. The van der Waals surface area contributed by atoms with Gasteiger partial charge < -0.3 is 4.74 Å². The molecule has 2 aromatic carbocycles. The summed E-state index contributed by atoms with van der Waals surface area (Å²) in [7, 11) is 0. The van der Waals surface area contributed by atoms with Crippen molar-refractivity contribution in [3.05, 3.63) is 62.6 Å². The van der Waals surface area contributed by atoms with Gasteiger partial charge in [-0.1, -0.05) is 15.9 Å². The van der Waals surface area contributed by atoms with Gasteiger partial charge in [-0.25, -0.2) is 8.78 Å². The predicted octanol–water partition coefficient (Wildman–Crippen LogP) is 4.43. The Balaban J connectivity index is 2.31. The Labute approximate surface area is 114 Å². The van der Waals surface area contributed by atoms with Crippen molar-refractivity contribution >= 4 is 21.6 Å². The number of nitro groups is 1. The molecule has 0 fully saturated rings. The molecule has 0 aliphatic carbocycles. The van der Waals surface area contributed by atoms with Crippen LogP contribution in [-0.4, -0.2) is 4.92 Å². The lowest BCUT2D eigenvalue weighted by molar-refractivity contribution is -0.385. The molecule has 0 heterocycles. The molecule has 2 aromatic rings. The van der Waals surface area contributed by atoms with Crippen LogP contribution >= 0.6 is 15.9 Å². The Hall–Kier alpha value is -2.02. The summed E-state index contributed by atoms with van der Waals surface area (Å²) in [6.45, 7) is 0. The van der Waals surface area contributed by atoms with Gasteiger partial charge in [0.2, 0.25) is 0 Å². The second kappa shape index (κ2) is 5.31. The standard InChI is InChI=1S/C12H6BrF2NO3/c13-7-1-3-11(9(14)5-7)19-12-4-2-8(16(17)18)6-10(12)15/h1-6H. The Kier molecular flexibility index (Phi) is 3.75. The number of halogens is 3. The molecule has 4 nitrogen and oxygen atoms in total. The molecule has 19 heavy (non-hydrogen) atoms. The van der Waals surface area contributed by atoms with Crippen LogP contribution in [0.5, 0.6) is 11.5 Å². The van der Waals surface area contributed by atoms with Crippen LogP contribution in [0.3, 0.4) is 0 Å². The molecule has 0 unspecified atom stereocenters. The zero-order valence-corrected chi connectivity index (χ0v) is 10.9. The Morgan fingerprint density at radius 2 is 1.63 bits per heavy atom. The SMILES string of the molecule is O=[N+]([O-])c1ccc(Oc2ccc(Br)cc2F)c(F)c1. The van der Waals surface area contributed by atoms with Gasteiger partial charge in [0.1, 0.15) is 0 Å². The molecule has 0 saturated carbocycles. The summed E-state index contributed by atoms with van der Waals surface area (Å²) in [4.78, 5) is 9.72. The van der Waals surface area contributed by atoms with Crippen molar-refractivity contribution in [2.75, 3.05) is 0 Å². The zero-order valence-electron chi connectivity index (χ0n) is 9.27. The minimum absolute atomic E-state index is 0.170. The summed E-state index contributed by atoms with van der Waals surface area (Å²) < 4.78 is 32.6. The molecule has 0 spiro atoms. The maximum atomic E-state index is 13.5. The van der Waals surface area contributed by atoms with E-state index in [2.05, 4.69) is 15.9 Å². The molecule has 0 radical (unpaired) electrons. The largest absolute Gasteiger partial charge is 0.451 e. The molecule has 98 valence electrons. The molecule has 0 atom stereocenters. The maximum Gasteiger partial charge on any atom is 0.272 e. The second-order valence-electron chi connectivity index (χ2n) is 3.55. The monoisotopic (exact) mass is 329 g/mol. The Morgan fingerprint density at radius 3 is 2.16 bits per heavy atom. The van der Waals surface area contributed by atoms with E-state index in [1.807, 2.05) is 0 Å². The molecule has 0 saturated heterocycles. The lowest BCUT2D eigenvalue weighted by Gasteiger charge is -2.07. The van der Waals surface area contributed by atoms with Crippen LogP contribution in [0.1, 0.15) is 0 Å². The normalized spacial score (nSPS) is 10.3. The highest BCUT2D eigenvalue weighted by Gasteiger charge is 2.13. The van der Waals surface area contributed by atoms with E-state index >= 15 is 0 Å². The van der Waals surface area contributed by atoms with E-state index in [1.165, 1.54) is 18.2 Å². The topological polar surface area (TPSA) is 52.4 Å². The highest BCUT2D eigenvalue weighted by molar-refractivity contribution is 9.10. The number of hydrogen-bond donors (Lipinski definition) is 0. The number of non-ortho nitro benzene ring substituents is 1. The molecule has 0 aromatic heterocycles. The third-order valence-electron chi connectivity index (χ3n) is 2.24. The fourth-order valence-corrected chi connectivity index (χ4v) is 1.70. The van der Waals surface area contributed by atoms with Crippen LogP contribution in [0.2, 0.25) is 0 Å². The summed E-state index contributed by atoms with van der Waals surface area (Å²) in [6, 6.07) is 6.89. The van der Waals surface area contributed by atoms with E-state index < -0.39 is 22.2 Å². The van der Waals surface area contributed by atoms with Crippen molar-refractivity contribution in [3.8, 4) is 11.5 Å². The van der Waals surface area contributed by atoms with E-state index in [0.717, 1.165) is 12.1 Å². The predicted molar refractivity (Wildman–Crippen MR) is 67.2 cm³/mol. The number of nitrogens with zero attached hydrogens (tertiary/aromatic N) is 1. The molecule has 0 aliphatic rings. The first kappa shape index (κ1) is 13.4. The number of benzene rings is 2. The van der Waals surface area contributed by atoms with E-state index in [4.69, 9.17) is 4.74 Å². The molecule has 0 bridgehead atoms. The Bertz CT molecular complexity index is 649. The van der Waals surface area contributed by atoms with E-state index in [-0.39, 0.29) is 11.5 Å². The number of ether oxygens (including phenoxy) is 1. The third kappa shape index (κ3) is 3.05. The molecule has 2 rings (SSSR count). The van der Waals surface area contributed by atoms with Gasteiger partial charge in [0, 0.05) is 10.5 Å². The summed E-state index contributed by atoms with van der Waals surface area (Å²) in [5.41, 5.74) is -0.402. The van der Waals surface area contributed by atoms with Gasteiger partial charge in [-0.15, -0.1) is 0 Å². The highest BCUT2D eigenvalue weighted by Crippen LogP contribution is 2.30. The average molecular weight is 330 g/mol. The van der Waals surface area contributed by atoms with Crippen LogP contribution in [0.25, 0.3) is 0 Å². The van der Waals surface area contributed by atoms with Crippen molar-refractivity contribution in [2.45, 2.75) is 0 Å². The van der Waals surface area contributed by atoms with Crippen LogP contribution in [0, 0.1) is 21.7 Å². The zero-order chi connectivity index (χ0) is 14.0. The lowest BCUT2D eigenvalue weighted by atomic mass is 10.3. The van der Waals surface area contributed by atoms with E-state index in [0.29, 0.717) is 10.5 Å². The molecule has 7 heteroatoms. The van der Waals surface area contributed by atoms with Gasteiger partial charge >= 0.3 is 0 Å². The average Bonchev–Trinajstić information content (AvgIpc) is 2.34. The Morgan fingerprint density at radius 1 is 1.05 bits per heavy atom. The van der Waals surface area contributed by atoms with Gasteiger partial charge in [0.05, 0.1) is 11.0 Å². The van der Waals surface area contributed by atoms with Gasteiger partial charge in [-0.2, -0.15) is 0 Å². The first-order valence-electron chi connectivity index (χ1n) is 5.04. The summed E-state index contributed by atoms with van der Waals surface area (Å²) >= 11 is 3.08. The van der Waals surface area contributed by atoms with Crippen LogP contribution in [-0.2, 0) is 0 Å². The van der Waals surface area contributed by atoms with Crippen molar-refractivity contribution in [3.63, 3.8) is 0 Å². The molecular weight excluding hydrogens is 324 g/mol. The number of hydrogen-bond acceptors (Lipinski definition) is 3. The first-order chi connectivity index (χ1) is 8.97. The summed E-state index contributed by atoms with van der Waals surface area (Å²) in [6.07, 6.45) is 0. The maximum absolute atomic E-state index is 13.5. The fraction of sp³-hybridized carbons (Fsp3) is 0. The minimum Gasteiger partial charge on any atom is -0.451 e. The van der Waals surface area contributed by atoms with Gasteiger partial charge in [-0.3, -0.25) is 10.1 Å². The number of nitro benzene ring substituents is 1. The molecular formula is C12H6BrF2NO3. The summed E-state index contributed by atoms with van der Waals surface area (Å²) in [5.74, 6) is -2.06. The second-order valence-corrected chi connectivity index (χ2v) is 4.46. The summed E-state index contributed by atoms with van der Waals surface area (Å²) in [5, 5.41) is 10.4. The van der Waals surface area contributed by atoms with E-state index in [9.17, 15) is 18.9 Å². The molecule has 0 aliphatic heterocycles. The van der Waals surface area contributed by atoms with Crippen molar-refractivity contribution in [1.82, 2.24) is 0 Å². The third-order valence-corrected chi connectivity index (χ3v) is 2.73. The van der Waals surface area contributed by atoms with Gasteiger partial charge in [-0.05, 0) is 24.3 Å². The van der Waals surface area contributed by atoms with Crippen molar-refractivity contribution in [2.24, 2.45) is 0 Å². The van der Waals surface area contributed by atoms with Crippen LogP contribution in [0.4, 0.5) is 14.5 Å². The van der Waals surface area contributed by atoms with Crippen LogP contribution < -0.4 is 4.74 Å². The van der Waals surface area contributed by atoms with Gasteiger partial charge in [0.15, 0.2) is 23.1 Å². The highest BCUT2D eigenvalue weighted by atomic mass is 79.9. The van der Waals surface area contributed by atoms with Crippen molar-refractivity contribution in [1.29, 1.82) is 0 Å². The molecule has 0 amide bonds. The quantitative estimate of drug-likeness (QED) is 0.618. The number of rotatable bonds is 3. The van der Waals surface area contributed by atoms with Crippen molar-refractivity contribution < 1.29 is 18.4 Å². The minimum atomic E-state index is -0.934.